The van der Waals surface area contributed by atoms with Gasteiger partial charge >= 0.3 is 11.9 Å². The van der Waals surface area contributed by atoms with Crippen molar-refractivity contribution in [1.29, 1.82) is 0 Å². The van der Waals surface area contributed by atoms with Gasteiger partial charge in [0.1, 0.15) is 41.1 Å². The predicted molar refractivity (Wildman–Crippen MR) is 225 cm³/mol. The summed E-state index contributed by atoms with van der Waals surface area (Å²) in [6.07, 6.45) is 13.7. The van der Waals surface area contributed by atoms with E-state index in [1.54, 1.807) is 47.6 Å². The molecule has 1 aliphatic heterocycles. The molecule has 1 fully saturated rings. The topological polar surface area (TPSA) is 212 Å². The molecule has 3 amide bonds. The number of carbonyl (C=O) groups excluding carboxylic acids is 5. The maximum atomic E-state index is 14.2. The first-order valence-electron chi connectivity index (χ1n) is 20.5. The summed E-state index contributed by atoms with van der Waals surface area (Å²) in [6, 6.07) is -0.377. The normalized spacial score (nSPS) is 17.7. The first-order valence-corrected chi connectivity index (χ1v) is 20.5. The Bertz CT molecular complexity index is 1750. The highest BCUT2D eigenvalue weighted by molar-refractivity contribution is 5.93. The van der Waals surface area contributed by atoms with E-state index in [1.807, 2.05) is 37.3 Å². The number of aliphatic hydroxyl groups is 1. The van der Waals surface area contributed by atoms with Crippen molar-refractivity contribution in [2.45, 2.75) is 137 Å². The number of ketones is 1. The van der Waals surface area contributed by atoms with Gasteiger partial charge in [-0.05, 0) is 103 Å². The lowest BCUT2D eigenvalue weighted by Gasteiger charge is -2.35. The third-order valence-electron chi connectivity index (χ3n) is 9.75. The maximum Gasteiger partial charge on any atom is 0.331 e. The van der Waals surface area contributed by atoms with Crippen LogP contribution in [0, 0.1) is 23.6 Å². The van der Waals surface area contributed by atoms with Crippen LogP contribution >= 0.6 is 0 Å². The Morgan fingerprint density at radius 2 is 1.67 bits per heavy atom. The number of esters is 1. The van der Waals surface area contributed by atoms with Crippen LogP contribution in [0.15, 0.2) is 66.3 Å². The molecule has 6 atom stereocenters. The van der Waals surface area contributed by atoms with Gasteiger partial charge in [0, 0.05) is 31.5 Å². The number of aromatic hydroxyl groups is 1. The number of carboxylic acid groups (broad SMARTS) is 1. The lowest BCUT2D eigenvalue weighted by atomic mass is 9.85. The molecule has 1 aromatic carbocycles. The first-order chi connectivity index (χ1) is 28.1. The van der Waals surface area contributed by atoms with Crippen molar-refractivity contribution in [2.75, 3.05) is 6.54 Å². The largest absolute Gasteiger partial charge is 0.508 e. The van der Waals surface area contributed by atoms with Gasteiger partial charge in [-0.15, -0.1) is 0 Å². The smallest absolute Gasteiger partial charge is 0.331 e. The van der Waals surface area contributed by atoms with Gasteiger partial charge in [0.05, 0.1) is 12.0 Å². The number of amides is 3. The van der Waals surface area contributed by atoms with Gasteiger partial charge in [-0.1, -0.05) is 62.8 Å². The van der Waals surface area contributed by atoms with Crippen LogP contribution in [0.5, 0.6) is 5.75 Å². The fraction of sp³-hybridized carbons (Fsp3) is 0.556. The minimum absolute atomic E-state index is 0.0148. The van der Waals surface area contributed by atoms with E-state index in [9.17, 15) is 48.5 Å². The third kappa shape index (κ3) is 18.8. The second kappa shape index (κ2) is 24.8. The van der Waals surface area contributed by atoms with Crippen molar-refractivity contribution >= 4 is 35.4 Å². The fourth-order valence-corrected chi connectivity index (χ4v) is 6.47. The molecule has 6 N–H and O–H groups in total. The zero-order chi connectivity index (χ0) is 45.2. The summed E-state index contributed by atoms with van der Waals surface area (Å²) in [7, 11) is 0. The van der Waals surface area contributed by atoms with Crippen molar-refractivity contribution in [3.05, 3.63) is 77.7 Å². The van der Waals surface area contributed by atoms with Gasteiger partial charge in [0.15, 0.2) is 0 Å². The van der Waals surface area contributed by atoms with Crippen molar-refractivity contribution in [2.24, 2.45) is 17.8 Å². The molecule has 0 aromatic heterocycles. The summed E-state index contributed by atoms with van der Waals surface area (Å²) < 4.78 is 19.5. The van der Waals surface area contributed by atoms with Crippen LogP contribution in [0.1, 0.15) is 106 Å². The highest BCUT2D eigenvalue weighted by Gasteiger charge is 2.37. The summed E-state index contributed by atoms with van der Waals surface area (Å²) >= 11 is 0. The summed E-state index contributed by atoms with van der Waals surface area (Å²) in [4.78, 5) is 77.1. The number of hydrogen-bond acceptors (Lipinski definition) is 10. The molecule has 2 unspecified atom stereocenters. The Balaban J connectivity index is 2.15. The molecule has 332 valence electrons. The Hall–Kier alpha value is -5.15. The standard InChI is InChI=1S/C45H65FN4O10/c1-28(2)39(42(56)47-37(26-32-24-33(46)27-34(52)25-32)43(57)50-23-15-19-36(49-50)44(58)59)48-41(55)35(22-21-31(5)51)40(54)30(4)18-13-11-9-10-12-16-29(3)17-14-20-38(53)60-45(6,7)8/h9-11,13-14,17,20,24-25,27-28,30,35-37,39-40,49,52,54H,12,15-16,18-19,21-23,26H2,1-8H3,(H,47,56)(H,48,55)(H,58,59)/b10-9+,13-11+,20-14+,29-17+/t30-,35+,36?,37?,39-,40+/m0/s1. The average Bonchev–Trinajstić information content (AvgIpc) is 3.14. The first kappa shape index (κ1) is 51.0. The SMILES string of the molecule is CC(=O)CC[C@@H](C(=O)N[C@H](C(=O)NC(Cc1cc(O)cc(F)c1)C(=O)N1CCCC(C(=O)O)N1)C(C)C)[C@H](O)[C@@H](C)C/C=C/C=C/CC/C(C)=C/C=C/C(=O)OC(C)(C)C. The average molecular weight is 841 g/mol. The number of aliphatic hydroxyl groups excluding tert-OH is 1. The van der Waals surface area contributed by atoms with E-state index in [4.69, 9.17) is 4.74 Å². The van der Waals surface area contributed by atoms with Crippen molar-refractivity contribution in [1.82, 2.24) is 21.1 Å². The summed E-state index contributed by atoms with van der Waals surface area (Å²) in [5.41, 5.74) is 3.37. The van der Waals surface area contributed by atoms with E-state index >= 15 is 0 Å². The lowest BCUT2D eigenvalue weighted by molar-refractivity contribution is -0.149. The van der Waals surface area contributed by atoms with Crippen molar-refractivity contribution < 1.29 is 53.2 Å². The molecule has 0 aliphatic carbocycles. The number of aliphatic carboxylic acids is 1. The monoisotopic (exact) mass is 840 g/mol. The zero-order valence-electron chi connectivity index (χ0n) is 36.2. The van der Waals surface area contributed by atoms with Crippen LogP contribution in [0.4, 0.5) is 4.39 Å². The van der Waals surface area contributed by atoms with Crippen LogP contribution in [-0.2, 0) is 39.9 Å². The molecule has 1 heterocycles. The number of nitrogens with zero attached hydrogens (tertiary/aromatic N) is 1. The number of carboxylic acids is 1. The lowest BCUT2D eigenvalue weighted by Crippen LogP contribution is -2.62. The number of hydrazine groups is 1. The highest BCUT2D eigenvalue weighted by Crippen LogP contribution is 2.23. The van der Waals surface area contributed by atoms with E-state index in [-0.39, 0.29) is 43.6 Å². The van der Waals surface area contributed by atoms with Gasteiger partial charge in [0.2, 0.25) is 11.8 Å². The molecule has 1 aliphatic rings. The van der Waals surface area contributed by atoms with Gasteiger partial charge in [-0.3, -0.25) is 24.2 Å². The van der Waals surface area contributed by atoms with E-state index in [1.165, 1.54) is 19.1 Å². The van der Waals surface area contributed by atoms with Gasteiger partial charge in [-0.2, -0.15) is 0 Å². The van der Waals surface area contributed by atoms with Gasteiger partial charge < -0.3 is 35.5 Å². The fourth-order valence-electron chi connectivity index (χ4n) is 6.47. The Labute approximate surface area is 353 Å². The predicted octanol–water partition coefficient (Wildman–Crippen LogP) is 5.39. The van der Waals surface area contributed by atoms with Crippen molar-refractivity contribution in [3.63, 3.8) is 0 Å². The molecule has 14 nitrogen and oxygen atoms in total. The minimum atomic E-state index is -1.36. The number of phenols is 1. The number of nitrogens with one attached hydrogen (secondary N) is 3. The molecule has 1 saturated heterocycles. The number of allylic oxidation sites excluding steroid dienone is 7. The van der Waals surface area contributed by atoms with Crippen LogP contribution in [0.3, 0.4) is 0 Å². The maximum absolute atomic E-state index is 14.2. The second-order valence-electron chi connectivity index (χ2n) is 16.8. The minimum Gasteiger partial charge on any atom is -0.508 e. The van der Waals surface area contributed by atoms with E-state index in [2.05, 4.69) is 16.1 Å². The number of Topliss-reactive ketones (excluding diaryl/α,β-unsaturated/α-hetero) is 1. The number of phenolic OH excluding ortho intramolecular Hbond substituents is 1. The molecule has 1 aromatic rings. The molecule has 0 saturated carbocycles. The Morgan fingerprint density at radius 3 is 2.28 bits per heavy atom. The third-order valence-corrected chi connectivity index (χ3v) is 9.75. The quantitative estimate of drug-likeness (QED) is 0.0495. The second-order valence-corrected chi connectivity index (χ2v) is 16.8. The summed E-state index contributed by atoms with van der Waals surface area (Å²) in [5.74, 6) is -7.00. The molecule has 15 heteroatoms. The number of ether oxygens (including phenoxy) is 1. The molecule has 0 bridgehead atoms. The molecule has 60 heavy (non-hydrogen) atoms. The van der Waals surface area contributed by atoms with Gasteiger partial charge in [0.25, 0.3) is 5.91 Å². The molecule has 0 radical (unpaired) electrons. The molecule has 0 spiro atoms. The number of hydrogen-bond donors (Lipinski definition) is 6. The summed E-state index contributed by atoms with van der Waals surface area (Å²) in [6.45, 7) is 14.0. The molecular formula is C45H65FN4O10. The Morgan fingerprint density at radius 1 is 0.983 bits per heavy atom. The van der Waals surface area contributed by atoms with Crippen LogP contribution in [-0.4, -0.2) is 92.1 Å². The Kier molecular flexibility index (Phi) is 21.1. The van der Waals surface area contributed by atoms with E-state index < -0.39 is 88.8 Å². The summed E-state index contributed by atoms with van der Waals surface area (Å²) in [5, 5.41) is 37.5. The molecule has 2 rings (SSSR count). The van der Waals surface area contributed by atoms with Crippen LogP contribution < -0.4 is 16.1 Å². The van der Waals surface area contributed by atoms with Gasteiger partial charge in [-0.25, -0.2) is 14.6 Å². The molecular weight excluding hydrogens is 776 g/mol. The van der Waals surface area contributed by atoms with E-state index in [0.29, 0.717) is 12.8 Å². The zero-order valence-corrected chi connectivity index (χ0v) is 36.2. The van der Waals surface area contributed by atoms with Crippen LogP contribution in [0.2, 0.25) is 0 Å². The number of rotatable bonds is 22. The number of halogens is 1. The number of benzene rings is 1. The highest BCUT2D eigenvalue weighted by atomic mass is 19.1. The van der Waals surface area contributed by atoms with E-state index in [0.717, 1.165) is 35.6 Å². The van der Waals surface area contributed by atoms with Crippen LogP contribution in [0.25, 0.3) is 0 Å². The number of carbonyl (C=O) groups is 6. The van der Waals surface area contributed by atoms with Crippen molar-refractivity contribution in [3.8, 4) is 5.75 Å².